The molecule has 0 heterocycles. The Hall–Kier alpha value is -2.21. The van der Waals surface area contributed by atoms with Gasteiger partial charge in [0.1, 0.15) is 0 Å². The molecule has 0 aliphatic rings. The van der Waals surface area contributed by atoms with Crippen molar-refractivity contribution in [3.8, 4) is 0 Å². The number of hydrogen-bond donors (Lipinski definition) is 2. The predicted octanol–water partition coefficient (Wildman–Crippen LogP) is 1.27. The molecule has 2 N–H and O–H groups in total. The second-order valence-electron chi connectivity index (χ2n) is 2.99. The summed E-state index contributed by atoms with van der Waals surface area (Å²) in [5, 5.41) is 28.2. The van der Waals surface area contributed by atoms with Crippen LogP contribution in [0.5, 0.6) is 0 Å². The smallest absolute Gasteiger partial charge is 0.328 e. The molecular weight excluding hydrogens is 214 g/mol. The topological polar surface area (TPSA) is 101 Å². The van der Waals surface area contributed by atoms with Crippen molar-refractivity contribution in [3.63, 3.8) is 0 Å². The van der Waals surface area contributed by atoms with Gasteiger partial charge in [-0.2, -0.15) is 0 Å². The fraction of sp³-hybridized carbons (Fsp3) is 0.100. The maximum Gasteiger partial charge on any atom is 0.328 e. The molecule has 1 rings (SSSR count). The van der Waals surface area contributed by atoms with Crippen LogP contribution in [-0.2, 0) is 4.79 Å². The van der Waals surface area contributed by atoms with Crippen LogP contribution in [0.2, 0.25) is 0 Å². The van der Waals surface area contributed by atoms with Crippen LogP contribution >= 0.6 is 0 Å². The van der Waals surface area contributed by atoms with Gasteiger partial charge in [0.2, 0.25) is 0 Å². The normalized spacial score (nSPS) is 12.6. The Balaban J connectivity index is 2.81. The third-order valence-corrected chi connectivity index (χ3v) is 1.87. The lowest BCUT2D eigenvalue weighted by atomic mass is 10.1. The van der Waals surface area contributed by atoms with E-state index in [1.54, 1.807) is 0 Å². The van der Waals surface area contributed by atoms with E-state index in [0.29, 0.717) is 5.56 Å². The molecule has 6 nitrogen and oxygen atoms in total. The summed E-state index contributed by atoms with van der Waals surface area (Å²) in [7, 11) is 0. The van der Waals surface area contributed by atoms with Gasteiger partial charge in [-0.3, -0.25) is 10.1 Å². The third-order valence-electron chi connectivity index (χ3n) is 1.87. The molecule has 1 aromatic carbocycles. The highest BCUT2D eigenvalue weighted by atomic mass is 16.6. The predicted molar refractivity (Wildman–Crippen MR) is 54.8 cm³/mol. The Morgan fingerprint density at radius 2 is 1.94 bits per heavy atom. The molecule has 0 aliphatic carbocycles. The molecule has 0 aliphatic heterocycles. The highest BCUT2D eigenvalue weighted by Crippen LogP contribution is 2.18. The molecule has 1 unspecified atom stereocenters. The van der Waals surface area contributed by atoms with Gasteiger partial charge in [-0.25, -0.2) is 4.79 Å². The molecule has 6 heteroatoms. The van der Waals surface area contributed by atoms with Crippen molar-refractivity contribution >= 4 is 11.7 Å². The van der Waals surface area contributed by atoms with Crippen LogP contribution in [0.25, 0.3) is 0 Å². The van der Waals surface area contributed by atoms with Crippen LogP contribution < -0.4 is 0 Å². The zero-order valence-corrected chi connectivity index (χ0v) is 8.11. The van der Waals surface area contributed by atoms with Gasteiger partial charge in [0.15, 0.2) is 0 Å². The minimum absolute atomic E-state index is 0.0850. The van der Waals surface area contributed by atoms with Crippen LogP contribution in [-0.4, -0.2) is 21.1 Å². The number of nitro groups is 1. The summed E-state index contributed by atoms with van der Waals surface area (Å²) < 4.78 is 0. The number of rotatable bonds is 4. The summed E-state index contributed by atoms with van der Waals surface area (Å²) in [6.45, 7) is 0. The molecule has 16 heavy (non-hydrogen) atoms. The molecule has 0 fully saturated rings. The van der Waals surface area contributed by atoms with Gasteiger partial charge in [0, 0.05) is 18.2 Å². The summed E-state index contributed by atoms with van der Waals surface area (Å²) in [6, 6.07) is 5.23. The Morgan fingerprint density at radius 3 is 2.38 bits per heavy atom. The molecular formula is C10H9NO5. The highest BCUT2D eigenvalue weighted by molar-refractivity contribution is 5.79. The Morgan fingerprint density at radius 1 is 1.38 bits per heavy atom. The number of aliphatic carboxylic acids is 1. The van der Waals surface area contributed by atoms with E-state index in [0.717, 1.165) is 12.2 Å². The third kappa shape index (κ3) is 3.18. The Labute approximate surface area is 90.6 Å². The summed E-state index contributed by atoms with van der Waals surface area (Å²) in [5.41, 5.74) is 0.307. The van der Waals surface area contributed by atoms with Gasteiger partial charge in [-0.1, -0.05) is 0 Å². The van der Waals surface area contributed by atoms with Crippen molar-refractivity contribution in [1.82, 2.24) is 0 Å². The lowest BCUT2D eigenvalue weighted by Crippen LogP contribution is -1.96. The van der Waals surface area contributed by atoms with E-state index in [-0.39, 0.29) is 5.69 Å². The van der Waals surface area contributed by atoms with Gasteiger partial charge in [0.05, 0.1) is 11.0 Å². The average Bonchev–Trinajstić information content (AvgIpc) is 2.26. The van der Waals surface area contributed by atoms with E-state index >= 15 is 0 Å². The molecule has 84 valence electrons. The quantitative estimate of drug-likeness (QED) is 0.454. The maximum absolute atomic E-state index is 10.3. The van der Waals surface area contributed by atoms with E-state index < -0.39 is 17.0 Å². The number of aliphatic hydroxyl groups excluding tert-OH is 1. The van der Waals surface area contributed by atoms with Crippen LogP contribution in [0, 0.1) is 10.1 Å². The minimum atomic E-state index is -1.17. The van der Waals surface area contributed by atoms with Gasteiger partial charge >= 0.3 is 5.97 Å². The first-order valence-electron chi connectivity index (χ1n) is 4.34. The lowest BCUT2D eigenvalue weighted by molar-refractivity contribution is -0.384. The van der Waals surface area contributed by atoms with Crippen molar-refractivity contribution in [2.45, 2.75) is 6.10 Å². The number of nitro benzene ring substituents is 1. The summed E-state index contributed by atoms with van der Waals surface area (Å²) in [4.78, 5) is 20.0. The first-order chi connectivity index (χ1) is 7.50. The van der Waals surface area contributed by atoms with Crippen LogP contribution in [0.1, 0.15) is 11.7 Å². The number of nitrogens with zero attached hydrogens (tertiary/aromatic N) is 1. The van der Waals surface area contributed by atoms with E-state index in [9.17, 15) is 20.0 Å². The van der Waals surface area contributed by atoms with Crippen molar-refractivity contribution in [1.29, 1.82) is 0 Å². The van der Waals surface area contributed by atoms with E-state index in [1.807, 2.05) is 0 Å². The standard InChI is InChI=1S/C10H9NO5/c12-9(5-6-10(13)14)7-1-3-8(4-2-7)11(15)16/h1-6,9,12H,(H,13,14)/b6-5+. The zero-order chi connectivity index (χ0) is 12.1. The molecule has 1 aromatic rings. The van der Waals surface area contributed by atoms with Crippen molar-refractivity contribution in [2.75, 3.05) is 0 Å². The van der Waals surface area contributed by atoms with Gasteiger partial charge < -0.3 is 10.2 Å². The van der Waals surface area contributed by atoms with Crippen molar-refractivity contribution in [2.24, 2.45) is 0 Å². The van der Waals surface area contributed by atoms with Crippen molar-refractivity contribution < 1.29 is 19.9 Å². The highest BCUT2D eigenvalue weighted by Gasteiger charge is 2.08. The number of carboxylic acid groups (broad SMARTS) is 1. The zero-order valence-electron chi connectivity index (χ0n) is 8.11. The monoisotopic (exact) mass is 223 g/mol. The minimum Gasteiger partial charge on any atom is -0.478 e. The molecule has 0 bridgehead atoms. The number of hydrogen-bond acceptors (Lipinski definition) is 4. The molecule has 0 amide bonds. The van der Waals surface area contributed by atoms with E-state index in [4.69, 9.17) is 5.11 Å². The van der Waals surface area contributed by atoms with Crippen LogP contribution in [0.3, 0.4) is 0 Å². The van der Waals surface area contributed by atoms with Crippen molar-refractivity contribution in [3.05, 3.63) is 52.1 Å². The molecule has 0 radical (unpaired) electrons. The molecule has 0 saturated carbocycles. The molecule has 0 saturated heterocycles. The summed E-state index contributed by atoms with van der Waals surface area (Å²) in [5.74, 6) is -1.17. The van der Waals surface area contributed by atoms with Gasteiger partial charge in [0.25, 0.3) is 5.69 Å². The number of carboxylic acids is 1. The number of non-ortho nitro benzene ring substituents is 1. The Kier molecular flexibility index (Phi) is 3.73. The number of aliphatic hydroxyl groups is 1. The summed E-state index contributed by atoms with van der Waals surface area (Å²) in [6.07, 6.45) is 0.812. The largest absolute Gasteiger partial charge is 0.478 e. The number of carbonyl (C=O) groups is 1. The van der Waals surface area contributed by atoms with E-state index in [1.165, 1.54) is 24.3 Å². The molecule has 1 atom stereocenters. The maximum atomic E-state index is 10.3. The first kappa shape index (κ1) is 11.9. The molecule has 0 spiro atoms. The van der Waals surface area contributed by atoms with Crippen LogP contribution in [0.15, 0.2) is 36.4 Å². The number of benzene rings is 1. The average molecular weight is 223 g/mol. The first-order valence-corrected chi connectivity index (χ1v) is 4.34. The fourth-order valence-corrected chi connectivity index (χ4v) is 1.08. The fourth-order valence-electron chi connectivity index (χ4n) is 1.08. The lowest BCUT2D eigenvalue weighted by Gasteiger charge is -2.04. The Bertz CT molecular complexity index is 423. The molecule has 0 aromatic heterocycles. The summed E-state index contributed by atoms with van der Waals surface area (Å²) >= 11 is 0. The SMILES string of the molecule is O=C(O)/C=C/C(O)c1ccc([N+](=O)[O-])cc1. The van der Waals surface area contributed by atoms with Gasteiger partial charge in [-0.15, -0.1) is 0 Å². The second-order valence-corrected chi connectivity index (χ2v) is 2.99. The van der Waals surface area contributed by atoms with Crippen LogP contribution in [0.4, 0.5) is 5.69 Å². The second kappa shape index (κ2) is 5.04. The van der Waals surface area contributed by atoms with Gasteiger partial charge in [-0.05, 0) is 23.8 Å². The van der Waals surface area contributed by atoms with E-state index in [2.05, 4.69) is 0 Å².